The summed E-state index contributed by atoms with van der Waals surface area (Å²) in [6, 6.07) is 1.77. The summed E-state index contributed by atoms with van der Waals surface area (Å²) >= 11 is 9.48. The number of hydrogen-bond acceptors (Lipinski definition) is 5. The molecule has 0 saturated carbocycles. The van der Waals surface area contributed by atoms with Gasteiger partial charge in [0.05, 0.1) is 11.6 Å². The molecule has 6 nitrogen and oxygen atoms in total. The number of methoxy groups -OCH3 is 1. The number of nitrogens with two attached hydrogens (primary N) is 1. The molecule has 0 unspecified atom stereocenters. The van der Waals surface area contributed by atoms with E-state index in [1.165, 1.54) is 0 Å². The van der Waals surface area contributed by atoms with Gasteiger partial charge in [0.15, 0.2) is 0 Å². The van der Waals surface area contributed by atoms with Crippen LogP contribution in [0.4, 0.5) is 5.82 Å². The van der Waals surface area contributed by atoms with Crippen LogP contribution in [0.2, 0.25) is 5.02 Å². The van der Waals surface area contributed by atoms with Crippen molar-refractivity contribution in [2.75, 3.05) is 31.7 Å². The first-order valence-corrected chi connectivity index (χ1v) is 6.77. The van der Waals surface area contributed by atoms with Crippen molar-refractivity contribution in [2.45, 2.75) is 6.42 Å². The summed E-state index contributed by atoms with van der Waals surface area (Å²) in [5, 5.41) is 12.0. The molecule has 0 aromatic carbocycles. The number of halogens is 2. The molecule has 0 radical (unpaired) electrons. The lowest BCUT2D eigenvalue weighted by Crippen LogP contribution is -2.32. The van der Waals surface area contributed by atoms with Crippen molar-refractivity contribution in [3.05, 3.63) is 21.8 Å². The molecule has 1 heterocycles. The Morgan fingerprint density at radius 2 is 2.37 bits per heavy atom. The van der Waals surface area contributed by atoms with Crippen molar-refractivity contribution in [2.24, 2.45) is 10.9 Å². The Balaban J connectivity index is 2.82. The molecule has 0 atom stereocenters. The highest BCUT2D eigenvalue weighted by Crippen LogP contribution is 2.26. The van der Waals surface area contributed by atoms with Gasteiger partial charge in [-0.3, -0.25) is 0 Å². The largest absolute Gasteiger partial charge is 0.409 e. The monoisotopic (exact) mass is 350 g/mol. The Labute approximate surface area is 125 Å². The minimum Gasteiger partial charge on any atom is -0.409 e. The SMILES string of the molecule is COCCN(CCC(N)=NO)c1ncc(Br)cc1Cl. The van der Waals surface area contributed by atoms with Crippen LogP contribution in [-0.2, 0) is 4.74 Å². The fourth-order valence-corrected chi connectivity index (χ4v) is 2.21. The second-order valence-electron chi connectivity index (χ2n) is 3.78. The van der Waals surface area contributed by atoms with Crippen molar-refractivity contribution in [3.8, 4) is 0 Å². The molecule has 0 aliphatic heterocycles. The lowest BCUT2D eigenvalue weighted by molar-refractivity contribution is 0.205. The van der Waals surface area contributed by atoms with Gasteiger partial charge < -0.3 is 20.6 Å². The van der Waals surface area contributed by atoms with Crippen molar-refractivity contribution in [1.82, 2.24) is 4.98 Å². The van der Waals surface area contributed by atoms with E-state index in [1.807, 2.05) is 4.90 Å². The van der Waals surface area contributed by atoms with Crippen LogP contribution in [0.5, 0.6) is 0 Å². The summed E-state index contributed by atoms with van der Waals surface area (Å²) in [5.74, 6) is 0.809. The maximum atomic E-state index is 8.56. The second kappa shape index (κ2) is 8.19. The average molecular weight is 352 g/mol. The maximum Gasteiger partial charge on any atom is 0.147 e. The molecule has 1 aromatic heterocycles. The van der Waals surface area contributed by atoms with Gasteiger partial charge in [0.2, 0.25) is 0 Å². The molecule has 0 spiro atoms. The fourth-order valence-electron chi connectivity index (χ4n) is 1.46. The van der Waals surface area contributed by atoms with Gasteiger partial charge in [0.1, 0.15) is 11.7 Å². The Kier molecular flexibility index (Phi) is 6.90. The number of aromatic nitrogens is 1. The van der Waals surface area contributed by atoms with Crippen molar-refractivity contribution < 1.29 is 9.94 Å². The summed E-state index contributed by atoms with van der Waals surface area (Å²) in [5.41, 5.74) is 5.47. The third-order valence-corrected chi connectivity index (χ3v) is 3.13. The number of pyridine rings is 1. The minimum atomic E-state index is 0.163. The van der Waals surface area contributed by atoms with Gasteiger partial charge in [-0.1, -0.05) is 16.8 Å². The van der Waals surface area contributed by atoms with E-state index in [1.54, 1.807) is 19.4 Å². The molecule has 1 rings (SSSR count). The molecular weight excluding hydrogens is 336 g/mol. The van der Waals surface area contributed by atoms with E-state index >= 15 is 0 Å². The van der Waals surface area contributed by atoms with Crippen LogP contribution in [0.3, 0.4) is 0 Å². The molecule has 0 saturated heterocycles. The fraction of sp³-hybridized carbons (Fsp3) is 0.455. The quantitative estimate of drug-likeness (QED) is 0.340. The normalized spacial score (nSPS) is 11.6. The molecule has 8 heteroatoms. The minimum absolute atomic E-state index is 0.163. The smallest absolute Gasteiger partial charge is 0.147 e. The standard InChI is InChI=1S/C11H16BrClN4O2/c1-19-5-4-17(3-2-10(14)16-18)11-9(13)6-8(12)7-15-11/h6-7,18H,2-5H2,1H3,(H2,14,16). The zero-order chi connectivity index (χ0) is 14.3. The van der Waals surface area contributed by atoms with Crippen LogP contribution in [0.25, 0.3) is 0 Å². The molecule has 0 amide bonds. The number of hydrogen-bond donors (Lipinski definition) is 2. The van der Waals surface area contributed by atoms with E-state index in [2.05, 4.69) is 26.1 Å². The first kappa shape index (κ1) is 16.0. The van der Waals surface area contributed by atoms with Crippen LogP contribution >= 0.6 is 27.5 Å². The first-order valence-electron chi connectivity index (χ1n) is 5.59. The van der Waals surface area contributed by atoms with Crippen LogP contribution in [0.15, 0.2) is 21.9 Å². The zero-order valence-corrected chi connectivity index (χ0v) is 12.9. The summed E-state index contributed by atoms with van der Waals surface area (Å²) in [6.45, 7) is 1.68. The van der Waals surface area contributed by atoms with E-state index in [4.69, 9.17) is 27.3 Å². The first-order chi connectivity index (χ1) is 9.08. The molecule has 0 aliphatic rings. The van der Waals surface area contributed by atoms with E-state index in [0.29, 0.717) is 37.0 Å². The number of rotatable bonds is 7. The third-order valence-electron chi connectivity index (χ3n) is 2.42. The van der Waals surface area contributed by atoms with Gasteiger partial charge in [-0.15, -0.1) is 0 Å². The Morgan fingerprint density at radius 3 is 2.95 bits per heavy atom. The third kappa shape index (κ3) is 5.22. The highest BCUT2D eigenvalue weighted by molar-refractivity contribution is 9.10. The lowest BCUT2D eigenvalue weighted by Gasteiger charge is -2.24. The topological polar surface area (TPSA) is 84.0 Å². The average Bonchev–Trinajstić information content (AvgIpc) is 2.39. The van der Waals surface area contributed by atoms with Crippen molar-refractivity contribution >= 4 is 39.2 Å². The Morgan fingerprint density at radius 1 is 1.63 bits per heavy atom. The Hall–Kier alpha value is -1.05. The van der Waals surface area contributed by atoms with Gasteiger partial charge >= 0.3 is 0 Å². The highest BCUT2D eigenvalue weighted by Gasteiger charge is 2.13. The van der Waals surface area contributed by atoms with Gasteiger partial charge in [-0.25, -0.2) is 4.98 Å². The van der Waals surface area contributed by atoms with E-state index in [-0.39, 0.29) is 5.84 Å². The summed E-state index contributed by atoms with van der Waals surface area (Å²) < 4.78 is 5.87. The maximum absolute atomic E-state index is 8.56. The summed E-state index contributed by atoms with van der Waals surface area (Å²) in [7, 11) is 1.62. The lowest BCUT2D eigenvalue weighted by atomic mass is 10.3. The zero-order valence-electron chi connectivity index (χ0n) is 10.5. The van der Waals surface area contributed by atoms with Crippen LogP contribution in [0, 0.1) is 0 Å². The van der Waals surface area contributed by atoms with Gasteiger partial charge in [0.25, 0.3) is 0 Å². The predicted molar refractivity (Wildman–Crippen MR) is 79.1 cm³/mol. The van der Waals surface area contributed by atoms with Crippen LogP contribution < -0.4 is 10.6 Å². The number of amidine groups is 1. The van der Waals surface area contributed by atoms with Gasteiger partial charge in [0, 0.05) is 37.3 Å². The van der Waals surface area contributed by atoms with Crippen LogP contribution in [-0.4, -0.2) is 42.8 Å². The highest BCUT2D eigenvalue weighted by atomic mass is 79.9. The Bertz CT molecular complexity index is 445. The molecule has 3 N–H and O–H groups in total. The molecule has 106 valence electrons. The van der Waals surface area contributed by atoms with E-state index in [0.717, 1.165) is 4.47 Å². The second-order valence-corrected chi connectivity index (χ2v) is 5.10. The van der Waals surface area contributed by atoms with Crippen LogP contribution in [0.1, 0.15) is 6.42 Å². The molecule has 0 fully saturated rings. The van der Waals surface area contributed by atoms with E-state index < -0.39 is 0 Å². The number of anilines is 1. The molecule has 0 bridgehead atoms. The van der Waals surface area contributed by atoms with Crippen molar-refractivity contribution in [1.29, 1.82) is 0 Å². The summed E-state index contributed by atoms with van der Waals surface area (Å²) in [6.07, 6.45) is 2.08. The number of nitrogens with zero attached hydrogens (tertiary/aromatic N) is 3. The molecule has 19 heavy (non-hydrogen) atoms. The molecule has 1 aromatic rings. The molecular formula is C11H16BrClN4O2. The number of oxime groups is 1. The van der Waals surface area contributed by atoms with E-state index in [9.17, 15) is 0 Å². The van der Waals surface area contributed by atoms with Gasteiger partial charge in [-0.05, 0) is 22.0 Å². The number of ether oxygens (including phenoxy) is 1. The summed E-state index contributed by atoms with van der Waals surface area (Å²) in [4.78, 5) is 6.21. The van der Waals surface area contributed by atoms with Crippen molar-refractivity contribution in [3.63, 3.8) is 0 Å². The van der Waals surface area contributed by atoms with Gasteiger partial charge in [-0.2, -0.15) is 0 Å². The predicted octanol–water partition coefficient (Wildman–Crippen LogP) is 2.09. The molecule has 0 aliphatic carbocycles.